The molecule has 5 heteroatoms. The molecule has 0 aliphatic rings. The number of hydrogen-bond acceptors (Lipinski definition) is 3. The molecule has 0 saturated heterocycles. The Bertz CT molecular complexity index is 308. The van der Waals surface area contributed by atoms with Gasteiger partial charge in [0.05, 0.1) is 10.0 Å². The predicted molar refractivity (Wildman–Crippen MR) is 60.3 cm³/mol. The van der Waals surface area contributed by atoms with Gasteiger partial charge in [-0.2, -0.15) is 0 Å². The molecule has 14 heavy (non-hydrogen) atoms. The Balaban J connectivity index is 2.89. The van der Waals surface area contributed by atoms with Gasteiger partial charge < -0.3 is 16.2 Å². The minimum Gasteiger partial charge on any atom is -0.505 e. The molecule has 3 nitrogen and oxygen atoms in total. The van der Waals surface area contributed by atoms with Crippen LogP contribution >= 0.6 is 23.2 Å². The number of nitrogens with two attached hydrogens (primary N) is 1. The van der Waals surface area contributed by atoms with Gasteiger partial charge in [-0.25, -0.2) is 0 Å². The highest BCUT2D eigenvalue weighted by atomic mass is 35.5. The molecular weight excluding hydrogens is 223 g/mol. The van der Waals surface area contributed by atoms with E-state index in [-0.39, 0.29) is 21.8 Å². The lowest BCUT2D eigenvalue weighted by Gasteiger charge is -2.13. The molecule has 1 aromatic rings. The topological polar surface area (TPSA) is 58.3 Å². The van der Waals surface area contributed by atoms with Gasteiger partial charge >= 0.3 is 0 Å². The zero-order chi connectivity index (χ0) is 10.7. The standard InChI is InChI=1S/C9H12Cl2N2O/c1-5(4-12)13-6-2-7(10)9(14)8(11)3-6/h2-3,5,13-14H,4,12H2,1H3. The number of nitrogens with one attached hydrogen (secondary N) is 1. The van der Waals surface area contributed by atoms with Crippen molar-refractivity contribution in [3.63, 3.8) is 0 Å². The lowest BCUT2D eigenvalue weighted by Crippen LogP contribution is -2.25. The number of benzene rings is 1. The van der Waals surface area contributed by atoms with E-state index >= 15 is 0 Å². The van der Waals surface area contributed by atoms with Crippen LogP contribution in [0.1, 0.15) is 6.92 Å². The second-order valence-electron chi connectivity index (χ2n) is 3.07. The number of phenols is 1. The summed E-state index contributed by atoms with van der Waals surface area (Å²) in [6.07, 6.45) is 0. The van der Waals surface area contributed by atoms with Crippen LogP contribution in [-0.2, 0) is 0 Å². The minimum absolute atomic E-state index is 0.0979. The summed E-state index contributed by atoms with van der Waals surface area (Å²) >= 11 is 11.5. The fraction of sp³-hybridized carbons (Fsp3) is 0.333. The van der Waals surface area contributed by atoms with E-state index in [4.69, 9.17) is 28.9 Å². The molecule has 1 unspecified atom stereocenters. The van der Waals surface area contributed by atoms with Crippen LogP contribution in [0, 0.1) is 0 Å². The third-order valence-electron chi connectivity index (χ3n) is 1.78. The van der Waals surface area contributed by atoms with Gasteiger partial charge in [0.15, 0.2) is 5.75 Å². The summed E-state index contributed by atoms with van der Waals surface area (Å²) in [5.41, 5.74) is 6.19. The number of hydrogen-bond donors (Lipinski definition) is 3. The third-order valence-corrected chi connectivity index (χ3v) is 2.36. The van der Waals surface area contributed by atoms with E-state index in [2.05, 4.69) is 5.32 Å². The molecule has 0 amide bonds. The minimum atomic E-state index is -0.0979. The van der Waals surface area contributed by atoms with Gasteiger partial charge in [0.25, 0.3) is 0 Å². The van der Waals surface area contributed by atoms with Crippen molar-refractivity contribution in [3.05, 3.63) is 22.2 Å². The fourth-order valence-electron chi connectivity index (χ4n) is 0.992. The van der Waals surface area contributed by atoms with Gasteiger partial charge in [-0.1, -0.05) is 23.2 Å². The van der Waals surface area contributed by atoms with E-state index in [1.807, 2.05) is 6.92 Å². The fourth-order valence-corrected chi connectivity index (χ4v) is 1.48. The van der Waals surface area contributed by atoms with Gasteiger partial charge in [0.2, 0.25) is 0 Å². The Labute approximate surface area is 92.8 Å². The Kier molecular flexibility index (Phi) is 3.86. The first-order valence-corrected chi connectivity index (χ1v) is 4.94. The first-order valence-electron chi connectivity index (χ1n) is 4.19. The molecule has 78 valence electrons. The smallest absolute Gasteiger partial charge is 0.152 e. The van der Waals surface area contributed by atoms with E-state index in [0.717, 1.165) is 5.69 Å². The molecule has 0 aliphatic heterocycles. The Hall–Kier alpha value is -0.640. The Morgan fingerprint density at radius 2 is 1.93 bits per heavy atom. The number of anilines is 1. The van der Waals surface area contributed by atoms with Crippen molar-refractivity contribution >= 4 is 28.9 Å². The maximum atomic E-state index is 9.31. The van der Waals surface area contributed by atoms with Gasteiger partial charge in [0, 0.05) is 18.3 Å². The van der Waals surface area contributed by atoms with Crippen LogP contribution in [0.2, 0.25) is 10.0 Å². The normalized spacial score (nSPS) is 12.6. The summed E-state index contributed by atoms with van der Waals surface area (Å²) in [5.74, 6) is -0.0979. The molecule has 1 rings (SSSR count). The highest BCUT2D eigenvalue weighted by Gasteiger charge is 2.07. The average molecular weight is 235 g/mol. The van der Waals surface area contributed by atoms with Crippen LogP contribution in [0.3, 0.4) is 0 Å². The Morgan fingerprint density at radius 1 is 1.43 bits per heavy atom. The molecular formula is C9H12Cl2N2O. The molecule has 0 aromatic heterocycles. The van der Waals surface area contributed by atoms with Crippen LogP contribution < -0.4 is 11.1 Å². The molecule has 0 heterocycles. The first-order chi connectivity index (χ1) is 6.54. The highest BCUT2D eigenvalue weighted by Crippen LogP contribution is 2.34. The predicted octanol–water partition coefficient (Wildman–Crippen LogP) is 2.46. The third kappa shape index (κ3) is 2.67. The van der Waals surface area contributed by atoms with Crippen molar-refractivity contribution < 1.29 is 5.11 Å². The van der Waals surface area contributed by atoms with Crippen molar-refractivity contribution in [2.24, 2.45) is 5.73 Å². The molecule has 0 spiro atoms. The average Bonchev–Trinajstić information content (AvgIpc) is 2.14. The largest absolute Gasteiger partial charge is 0.505 e. The van der Waals surface area contributed by atoms with E-state index in [9.17, 15) is 5.11 Å². The number of halogens is 2. The van der Waals surface area contributed by atoms with Crippen molar-refractivity contribution in [1.82, 2.24) is 0 Å². The second kappa shape index (κ2) is 4.73. The van der Waals surface area contributed by atoms with Gasteiger partial charge in [-0.3, -0.25) is 0 Å². The molecule has 0 bridgehead atoms. The molecule has 0 radical (unpaired) electrons. The second-order valence-corrected chi connectivity index (χ2v) is 3.88. The van der Waals surface area contributed by atoms with Crippen LogP contribution in [0.5, 0.6) is 5.75 Å². The lowest BCUT2D eigenvalue weighted by atomic mass is 10.2. The van der Waals surface area contributed by atoms with Crippen molar-refractivity contribution in [3.8, 4) is 5.75 Å². The zero-order valence-corrected chi connectivity index (χ0v) is 9.23. The highest BCUT2D eigenvalue weighted by molar-refractivity contribution is 6.37. The summed E-state index contributed by atoms with van der Waals surface area (Å²) in [6.45, 7) is 2.45. The number of rotatable bonds is 3. The van der Waals surface area contributed by atoms with Crippen LogP contribution in [-0.4, -0.2) is 17.7 Å². The SMILES string of the molecule is CC(CN)Nc1cc(Cl)c(O)c(Cl)c1. The molecule has 1 aromatic carbocycles. The van der Waals surface area contributed by atoms with Gasteiger partial charge in [-0.05, 0) is 19.1 Å². The van der Waals surface area contributed by atoms with Crippen molar-refractivity contribution in [2.75, 3.05) is 11.9 Å². The molecule has 1 atom stereocenters. The van der Waals surface area contributed by atoms with E-state index < -0.39 is 0 Å². The van der Waals surface area contributed by atoms with Crippen LogP contribution in [0.15, 0.2) is 12.1 Å². The molecule has 0 saturated carbocycles. The molecule has 0 fully saturated rings. The summed E-state index contributed by atoms with van der Waals surface area (Å²) < 4.78 is 0. The molecule has 0 aliphatic carbocycles. The quantitative estimate of drug-likeness (QED) is 0.705. The van der Waals surface area contributed by atoms with Gasteiger partial charge in [0.1, 0.15) is 0 Å². The van der Waals surface area contributed by atoms with E-state index in [1.54, 1.807) is 12.1 Å². The summed E-state index contributed by atoms with van der Waals surface area (Å²) in [5, 5.41) is 12.9. The summed E-state index contributed by atoms with van der Waals surface area (Å²) in [7, 11) is 0. The van der Waals surface area contributed by atoms with E-state index in [1.165, 1.54) is 0 Å². The number of phenolic OH excluding ortho intramolecular Hbond substituents is 1. The van der Waals surface area contributed by atoms with Crippen molar-refractivity contribution in [2.45, 2.75) is 13.0 Å². The summed E-state index contributed by atoms with van der Waals surface area (Å²) in [4.78, 5) is 0. The molecule has 4 N–H and O–H groups in total. The Morgan fingerprint density at radius 3 is 2.36 bits per heavy atom. The maximum absolute atomic E-state index is 9.31. The lowest BCUT2D eigenvalue weighted by molar-refractivity contribution is 0.476. The summed E-state index contributed by atoms with van der Waals surface area (Å²) in [6, 6.07) is 3.34. The zero-order valence-electron chi connectivity index (χ0n) is 7.72. The van der Waals surface area contributed by atoms with Gasteiger partial charge in [-0.15, -0.1) is 0 Å². The first kappa shape index (κ1) is 11.4. The monoisotopic (exact) mass is 234 g/mol. The van der Waals surface area contributed by atoms with Crippen LogP contribution in [0.25, 0.3) is 0 Å². The maximum Gasteiger partial charge on any atom is 0.152 e. The number of aromatic hydroxyl groups is 1. The van der Waals surface area contributed by atoms with E-state index in [0.29, 0.717) is 6.54 Å². The van der Waals surface area contributed by atoms with Crippen LogP contribution in [0.4, 0.5) is 5.69 Å². The van der Waals surface area contributed by atoms with Crippen molar-refractivity contribution in [1.29, 1.82) is 0 Å².